The Labute approximate surface area is 476 Å². The van der Waals surface area contributed by atoms with Crippen LogP contribution in [-0.4, -0.2) is 4.57 Å². The predicted molar refractivity (Wildman–Crippen MR) is 349 cm³/mol. The monoisotopic (exact) mass is 1040 g/mol. The molecule has 0 aliphatic heterocycles. The summed E-state index contributed by atoms with van der Waals surface area (Å²) in [5, 5.41) is 10.1. The minimum atomic E-state index is -0.0999. The van der Waals surface area contributed by atoms with Crippen LogP contribution in [0.4, 0.5) is 17.1 Å². The van der Waals surface area contributed by atoms with E-state index in [2.05, 4.69) is 314 Å². The first-order valence-corrected chi connectivity index (χ1v) is 29.0. The topological polar surface area (TPSA) is 8.17 Å². The molecule has 12 aromatic rings. The van der Waals surface area contributed by atoms with Crippen molar-refractivity contribution in [3.63, 3.8) is 0 Å². The summed E-state index contributed by atoms with van der Waals surface area (Å²) >= 11 is 0. The Morgan fingerprint density at radius 3 is 1.27 bits per heavy atom. The zero-order valence-corrected chi connectivity index (χ0v) is 49.9. The molecule has 0 saturated carbocycles. The van der Waals surface area contributed by atoms with Gasteiger partial charge in [-0.2, -0.15) is 0 Å². The fourth-order valence-electron chi connectivity index (χ4n) is 12.1. The van der Waals surface area contributed by atoms with E-state index < -0.39 is 0 Å². The molecule has 0 unspecified atom stereocenters. The number of hydrogen-bond donors (Lipinski definition) is 0. The van der Waals surface area contributed by atoms with E-state index in [0.29, 0.717) is 0 Å². The number of nitrogens with zero attached hydrogens (tertiary/aromatic N) is 2. The number of benzene rings is 11. The molecule has 2 nitrogen and oxygen atoms in total. The van der Waals surface area contributed by atoms with E-state index >= 15 is 0 Å². The van der Waals surface area contributed by atoms with Crippen LogP contribution in [0.5, 0.6) is 0 Å². The summed E-state index contributed by atoms with van der Waals surface area (Å²) in [7, 11) is 0. The highest BCUT2D eigenvalue weighted by Gasteiger charge is 2.28. The maximum absolute atomic E-state index is 2.56. The van der Waals surface area contributed by atoms with Crippen molar-refractivity contribution in [3.8, 4) is 39.1 Å². The van der Waals surface area contributed by atoms with Crippen molar-refractivity contribution in [3.05, 3.63) is 228 Å². The highest BCUT2D eigenvalue weighted by atomic mass is 15.1. The molecule has 0 atom stereocenters. The quantitative estimate of drug-likeness (QED) is 0.144. The molecule has 0 aliphatic carbocycles. The number of fused-ring (bicyclic) bond motifs is 3. The van der Waals surface area contributed by atoms with E-state index in [1.54, 1.807) is 0 Å². The molecule has 0 bridgehead atoms. The first-order chi connectivity index (χ1) is 37.8. The van der Waals surface area contributed by atoms with E-state index in [4.69, 9.17) is 0 Å². The molecule has 0 radical (unpaired) electrons. The molecule has 0 saturated heterocycles. The first kappa shape index (κ1) is 52.7. The minimum Gasteiger partial charge on any atom is -0.309 e. The van der Waals surface area contributed by atoms with Gasteiger partial charge in [0.1, 0.15) is 0 Å². The molecular weight excluding hydrogens is 965 g/mol. The molecule has 0 amide bonds. The van der Waals surface area contributed by atoms with Gasteiger partial charge in [-0.25, -0.2) is 0 Å². The molecule has 400 valence electrons. The third-order valence-corrected chi connectivity index (χ3v) is 17.1. The Bertz CT molecular complexity index is 4220. The van der Waals surface area contributed by atoms with Crippen LogP contribution < -0.4 is 4.90 Å². The molecule has 1 heterocycles. The summed E-state index contributed by atoms with van der Waals surface area (Å²) < 4.78 is 2.54. The summed E-state index contributed by atoms with van der Waals surface area (Å²) in [6, 6.07) is 77.0. The zero-order valence-electron chi connectivity index (χ0n) is 49.9. The van der Waals surface area contributed by atoms with Gasteiger partial charge in [0.25, 0.3) is 0 Å². The fourth-order valence-corrected chi connectivity index (χ4v) is 12.1. The largest absolute Gasteiger partial charge is 0.309 e. The standard InChI is InChI=1S/C78H78N2/c1-74(2,3)56-32-41-69-65(46-56)66-47-57(75(4,5)6)33-42-70(66)80(69)68-40-30-54-27-36-63-67(39-29-53-28-37-64(68)73(54)72(53)63)79(61-34-25-51(26-35-61)55-43-59(77(10,11)12)45-60(44-55)78(13,14)15)71-48-58(76(7,8)9)31-38-62(71)52-23-21-50(22-24-52)49-19-17-16-18-20-49/h16-48H,1-15H3. The molecule has 0 aliphatic rings. The number of aromatic nitrogens is 1. The number of rotatable bonds is 7. The third-order valence-electron chi connectivity index (χ3n) is 17.1. The SMILES string of the molecule is CC(C)(C)c1cc(-c2ccc(N(c3cc(C(C)(C)C)ccc3-c3ccc(-c4ccccc4)cc3)c3ccc4ccc5c(-n6c7ccc(C(C)(C)C)cc7c7cc(C(C)(C)C)ccc76)ccc6ccc3c4c65)cc2)cc(C(C)(C)C)c1. The Kier molecular flexibility index (Phi) is 12.4. The second-order valence-electron chi connectivity index (χ2n) is 28.0. The summed E-state index contributed by atoms with van der Waals surface area (Å²) in [5.74, 6) is 0. The summed E-state index contributed by atoms with van der Waals surface area (Å²) in [4.78, 5) is 2.56. The lowest BCUT2D eigenvalue weighted by atomic mass is 9.79. The van der Waals surface area contributed by atoms with Crippen LogP contribution in [0.3, 0.4) is 0 Å². The normalized spacial score (nSPS) is 12.9. The molecular formula is C78H78N2. The van der Waals surface area contributed by atoms with Crippen molar-refractivity contribution in [1.29, 1.82) is 0 Å². The van der Waals surface area contributed by atoms with Crippen molar-refractivity contribution < 1.29 is 0 Å². The lowest BCUT2D eigenvalue weighted by Crippen LogP contribution is -2.16. The van der Waals surface area contributed by atoms with Crippen LogP contribution in [0.1, 0.15) is 132 Å². The minimum absolute atomic E-state index is 0.00602. The van der Waals surface area contributed by atoms with Gasteiger partial charge in [0.05, 0.1) is 28.1 Å². The Balaban J connectivity index is 1.11. The van der Waals surface area contributed by atoms with Gasteiger partial charge in [-0.3, -0.25) is 0 Å². The van der Waals surface area contributed by atoms with Gasteiger partial charge in [0, 0.05) is 32.8 Å². The lowest BCUT2D eigenvalue weighted by Gasteiger charge is -2.32. The van der Waals surface area contributed by atoms with Crippen molar-refractivity contribution in [1.82, 2.24) is 4.57 Å². The smallest absolute Gasteiger partial charge is 0.0543 e. The summed E-state index contributed by atoms with van der Waals surface area (Å²) in [5.41, 5.74) is 20.9. The second-order valence-corrected chi connectivity index (χ2v) is 28.0. The van der Waals surface area contributed by atoms with E-state index in [-0.39, 0.29) is 27.1 Å². The molecule has 0 N–H and O–H groups in total. The lowest BCUT2D eigenvalue weighted by molar-refractivity contribution is 0.569. The maximum Gasteiger partial charge on any atom is 0.0543 e. The molecule has 11 aromatic carbocycles. The fraction of sp³-hybridized carbons (Fsp3) is 0.256. The highest BCUT2D eigenvalue weighted by molar-refractivity contribution is 6.27. The average Bonchev–Trinajstić information content (AvgIpc) is 3.96. The average molecular weight is 1040 g/mol. The predicted octanol–water partition coefficient (Wildman–Crippen LogP) is 22.6. The van der Waals surface area contributed by atoms with Crippen molar-refractivity contribution in [2.24, 2.45) is 0 Å². The Morgan fingerprint density at radius 2 is 0.725 bits per heavy atom. The van der Waals surface area contributed by atoms with Gasteiger partial charge in [-0.15, -0.1) is 0 Å². The number of anilines is 3. The van der Waals surface area contributed by atoms with Gasteiger partial charge >= 0.3 is 0 Å². The third kappa shape index (κ3) is 9.35. The van der Waals surface area contributed by atoms with Crippen LogP contribution in [0.15, 0.2) is 200 Å². The maximum atomic E-state index is 2.56. The zero-order chi connectivity index (χ0) is 56.4. The van der Waals surface area contributed by atoms with Crippen molar-refractivity contribution >= 4 is 71.2 Å². The van der Waals surface area contributed by atoms with Crippen LogP contribution >= 0.6 is 0 Å². The van der Waals surface area contributed by atoms with Gasteiger partial charge < -0.3 is 9.47 Å². The van der Waals surface area contributed by atoms with Gasteiger partial charge in [-0.05, 0) is 159 Å². The first-order valence-electron chi connectivity index (χ1n) is 29.0. The molecule has 12 rings (SSSR count). The summed E-state index contributed by atoms with van der Waals surface area (Å²) in [6.07, 6.45) is 0. The van der Waals surface area contributed by atoms with Gasteiger partial charge in [-0.1, -0.05) is 249 Å². The van der Waals surface area contributed by atoms with Crippen LogP contribution in [0.2, 0.25) is 0 Å². The molecule has 0 fully saturated rings. The van der Waals surface area contributed by atoms with E-state index in [9.17, 15) is 0 Å². The van der Waals surface area contributed by atoms with Crippen molar-refractivity contribution in [2.75, 3.05) is 4.90 Å². The highest BCUT2D eigenvalue weighted by Crippen LogP contribution is 2.50. The molecule has 80 heavy (non-hydrogen) atoms. The molecule has 2 heteroatoms. The summed E-state index contributed by atoms with van der Waals surface area (Å²) in [6.45, 7) is 34.8. The second kappa shape index (κ2) is 18.8. The van der Waals surface area contributed by atoms with Crippen LogP contribution in [-0.2, 0) is 27.1 Å². The molecule has 1 aromatic heterocycles. The van der Waals surface area contributed by atoms with E-state index in [1.807, 2.05) is 0 Å². The number of hydrogen-bond acceptors (Lipinski definition) is 1. The van der Waals surface area contributed by atoms with Crippen molar-refractivity contribution in [2.45, 2.75) is 131 Å². The van der Waals surface area contributed by atoms with Crippen LogP contribution in [0, 0.1) is 0 Å². The van der Waals surface area contributed by atoms with Crippen LogP contribution in [0.25, 0.3) is 93.2 Å². The Hall–Kier alpha value is -7.94. The Morgan fingerprint density at radius 1 is 0.287 bits per heavy atom. The molecule has 0 spiro atoms. The van der Waals surface area contributed by atoms with Gasteiger partial charge in [0.2, 0.25) is 0 Å². The van der Waals surface area contributed by atoms with E-state index in [1.165, 1.54) is 121 Å². The van der Waals surface area contributed by atoms with Gasteiger partial charge in [0.15, 0.2) is 0 Å². The van der Waals surface area contributed by atoms with E-state index in [0.717, 1.165) is 17.1 Å².